The van der Waals surface area contributed by atoms with Crippen molar-refractivity contribution in [3.63, 3.8) is 0 Å². The number of aryl methyl sites for hydroxylation is 3. The van der Waals surface area contributed by atoms with Gasteiger partial charge in [0, 0.05) is 6.42 Å². The summed E-state index contributed by atoms with van der Waals surface area (Å²) in [7, 11) is 0. The first-order chi connectivity index (χ1) is 11.3. The van der Waals surface area contributed by atoms with Crippen LogP contribution >= 0.6 is 0 Å². The van der Waals surface area contributed by atoms with Crippen molar-refractivity contribution in [1.82, 2.24) is 0 Å². The molecule has 0 saturated heterocycles. The Balaban J connectivity index is 1.39. The molecule has 2 nitrogen and oxygen atoms in total. The summed E-state index contributed by atoms with van der Waals surface area (Å²) in [6.07, 6.45) is 7.01. The molecule has 122 valence electrons. The lowest BCUT2D eigenvalue weighted by Crippen LogP contribution is -2.06. The van der Waals surface area contributed by atoms with Crippen molar-refractivity contribution in [1.29, 1.82) is 0 Å². The van der Waals surface area contributed by atoms with Crippen molar-refractivity contribution >= 4 is 0 Å². The van der Waals surface area contributed by atoms with E-state index in [4.69, 9.17) is 9.47 Å². The number of hydrogen-bond acceptors (Lipinski definition) is 2. The molecule has 0 heterocycles. The summed E-state index contributed by atoms with van der Waals surface area (Å²) in [6, 6.07) is 14.9. The average Bonchev–Trinajstić information content (AvgIpc) is 2.62. The molecule has 3 rings (SSSR count). The fraction of sp³-hybridized carbons (Fsp3) is 0.429. The van der Waals surface area contributed by atoms with Crippen LogP contribution in [-0.2, 0) is 19.3 Å². The number of rotatable bonds is 7. The van der Waals surface area contributed by atoms with Gasteiger partial charge in [-0.3, -0.25) is 0 Å². The molecule has 1 aliphatic carbocycles. The smallest absolute Gasteiger partial charge is 0.119 e. The Kier molecular flexibility index (Phi) is 5.57. The van der Waals surface area contributed by atoms with Gasteiger partial charge in [0.15, 0.2) is 0 Å². The zero-order chi connectivity index (χ0) is 15.9. The van der Waals surface area contributed by atoms with Gasteiger partial charge in [-0.25, -0.2) is 0 Å². The van der Waals surface area contributed by atoms with Crippen LogP contribution in [0, 0.1) is 0 Å². The predicted octanol–water partition coefficient (Wildman–Crippen LogP) is 4.98. The first kappa shape index (κ1) is 15.9. The molecule has 0 aliphatic heterocycles. The molecule has 2 aromatic rings. The highest BCUT2D eigenvalue weighted by Crippen LogP contribution is 2.25. The van der Waals surface area contributed by atoms with Gasteiger partial charge in [0.25, 0.3) is 0 Å². The van der Waals surface area contributed by atoms with Crippen molar-refractivity contribution in [3.8, 4) is 11.5 Å². The second kappa shape index (κ2) is 8.05. The van der Waals surface area contributed by atoms with E-state index in [1.54, 1.807) is 0 Å². The first-order valence-electron chi connectivity index (χ1n) is 8.81. The zero-order valence-electron chi connectivity index (χ0n) is 14.0. The quantitative estimate of drug-likeness (QED) is 0.672. The summed E-state index contributed by atoms with van der Waals surface area (Å²) >= 11 is 0. The maximum absolute atomic E-state index is 5.87. The van der Waals surface area contributed by atoms with E-state index in [0.717, 1.165) is 24.3 Å². The summed E-state index contributed by atoms with van der Waals surface area (Å²) in [4.78, 5) is 0. The molecule has 0 atom stereocenters. The summed E-state index contributed by atoms with van der Waals surface area (Å²) in [5.74, 6) is 1.94. The minimum atomic E-state index is 0.691. The monoisotopic (exact) mass is 310 g/mol. The molecule has 0 fully saturated rings. The third-order valence-corrected chi connectivity index (χ3v) is 4.48. The van der Waals surface area contributed by atoms with Gasteiger partial charge in [-0.1, -0.05) is 25.1 Å². The summed E-state index contributed by atoms with van der Waals surface area (Å²) in [6.45, 7) is 3.55. The SMILES string of the molecule is CCc1ccc(OCCCOc2ccc3c(c2)CCCC3)cc1. The van der Waals surface area contributed by atoms with Gasteiger partial charge in [-0.05, 0) is 73.1 Å². The van der Waals surface area contributed by atoms with Crippen molar-refractivity contribution in [2.45, 2.75) is 45.4 Å². The van der Waals surface area contributed by atoms with E-state index in [9.17, 15) is 0 Å². The summed E-state index contributed by atoms with van der Waals surface area (Å²) in [5, 5.41) is 0. The van der Waals surface area contributed by atoms with Gasteiger partial charge in [0.1, 0.15) is 11.5 Å². The first-order valence-corrected chi connectivity index (χ1v) is 8.81. The Labute approximate surface area is 139 Å². The largest absolute Gasteiger partial charge is 0.493 e. The minimum Gasteiger partial charge on any atom is -0.493 e. The predicted molar refractivity (Wildman–Crippen MR) is 94.5 cm³/mol. The molecule has 2 aromatic carbocycles. The maximum Gasteiger partial charge on any atom is 0.119 e. The molecule has 0 aromatic heterocycles. The Morgan fingerprint density at radius 1 is 0.783 bits per heavy atom. The van der Waals surface area contributed by atoms with E-state index in [-0.39, 0.29) is 0 Å². The molecular formula is C21H26O2. The molecule has 0 spiro atoms. The van der Waals surface area contributed by atoms with E-state index in [1.165, 1.54) is 42.4 Å². The van der Waals surface area contributed by atoms with Gasteiger partial charge in [0.05, 0.1) is 13.2 Å². The molecule has 0 unspecified atom stereocenters. The van der Waals surface area contributed by atoms with E-state index in [0.29, 0.717) is 13.2 Å². The molecule has 0 amide bonds. The molecule has 0 radical (unpaired) electrons. The van der Waals surface area contributed by atoms with Crippen molar-refractivity contribution < 1.29 is 9.47 Å². The van der Waals surface area contributed by atoms with E-state index >= 15 is 0 Å². The highest BCUT2D eigenvalue weighted by Gasteiger charge is 2.09. The van der Waals surface area contributed by atoms with Gasteiger partial charge >= 0.3 is 0 Å². The van der Waals surface area contributed by atoms with Crippen molar-refractivity contribution in [2.75, 3.05) is 13.2 Å². The van der Waals surface area contributed by atoms with Gasteiger partial charge < -0.3 is 9.47 Å². The topological polar surface area (TPSA) is 18.5 Å². The van der Waals surface area contributed by atoms with Crippen LogP contribution in [0.15, 0.2) is 42.5 Å². The van der Waals surface area contributed by atoms with E-state index in [1.807, 2.05) is 12.1 Å². The summed E-state index contributed by atoms with van der Waals surface area (Å²) in [5.41, 5.74) is 4.32. The molecular weight excluding hydrogens is 284 g/mol. The maximum atomic E-state index is 5.87. The minimum absolute atomic E-state index is 0.691. The highest BCUT2D eigenvalue weighted by atomic mass is 16.5. The van der Waals surface area contributed by atoms with Gasteiger partial charge in [-0.15, -0.1) is 0 Å². The Bertz CT molecular complexity index is 616. The fourth-order valence-electron chi connectivity index (χ4n) is 3.06. The fourth-order valence-corrected chi connectivity index (χ4v) is 3.06. The third-order valence-electron chi connectivity index (χ3n) is 4.48. The number of benzene rings is 2. The second-order valence-electron chi connectivity index (χ2n) is 6.19. The number of fused-ring (bicyclic) bond motifs is 1. The van der Waals surface area contributed by atoms with Crippen LogP contribution in [0.2, 0.25) is 0 Å². The molecule has 0 bridgehead atoms. The standard InChI is InChI=1S/C21H26O2/c1-2-17-8-11-20(12-9-17)22-14-5-15-23-21-13-10-18-6-3-4-7-19(18)16-21/h8-13,16H,2-7,14-15H2,1H3. The normalized spacial score (nSPS) is 13.4. The van der Waals surface area contributed by atoms with E-state index < -0.39 is 0 Å². The van der Waals surface area contributed by atoms with Crippen LogP contribution in [0.1, 0.15) is 42.9 Å². The van der Waals surface area contributed by atoms with Crippen LogP contribution < -0.4 is 9.47 Å². The van der Waals surface area contributed by atoms with E-state index in [2.05, 4.69) is 37.3 Å². The average molecular weight is 310 g/mol. The Morgan fingerprint density at radius 3 is 2.17 bits per heavy atom. The molecule has 2 heteroatoms. The number of hydrogen-bond donors (Lipinski definition) is 0. The third kappa shape index (κ3) is 4.51. The van der Waals surface area contributed by atoms with Crippen LogP contribution in [-0.4, -0.2) is 13.2 Å². The van der Waals surface area contributed by atoms with Gasteiger partial charge in [0.2, 0.25) is 0 Å². The van der Waals surface area contributed by atoms with Crippen LogP contribution in [0.4, 0.5) is 0 Å². The van der Waals surface area contributed by atoms with Crippen LogP contribution in [0.25, 0.3) is 0 Å². The van der Waals surface area contributed by atoms with Crippen LogP contribution in [0.3, 0.4) is 0 Å². The van der Waals surface area contributed by atoms with Crippen LogP contribution in [0.5, 0.6) is 11.5 Å². The molecule has 23 heavy (non-hydrogen) atoms. The lowest BCUT2D eigenvalue weighted by Gasteiger charge is -2.16. The molecule has 0 saturated carbocycles. The summed E-state index contributed by atoms with van der Waals surface area (Å²) < 4.78 is 11.6. The molecule has 0 N–H and O–H groups in total. The highest BCUT2D eigenvalue weighted by molar-refractivity contribution is 5.37. The molecule has 1 aliphatic rings. The lowest BCUT2D eigenvalue weighted by molar-refractivity contribution is 0.247. The lowest BCUT2D eigenvalue weighted by atomic mass is 9.92. The number of ether oxygens (including phenoxy) is 2. The van der Waals surface area contributed by atoms with Gasteiger partial charge in [-0.2, -0.15) is 0 Å². The Hall–Kier alpha value is -1.96. The Morgan fingerprint density at radius 2 is 1.43 bits per heavy atom. The second-order valence-corrected chi connectivity index (χ2v) is 6.19. The zero-order valence-corrected chi connectivity index (χ0v) is 14.0. The van der Waals surface area contributed by atoms with Crippen molar-refractivity contribution in [3.05, 3.63) is 59.2 Å². The van der Waals surface area contributed by atoms with Crippen molar-refractivity contribution in [2.24, 2.45) is 0 Å².